The summed E-state index contributed by atoms with van der Waals surface area (Å²) in [7, 11) is 0. The average Bonchev–Trinajstić information content (AvgIpc) is 2.89. The zero-order chi connectivity index (χ0) is 17.1. The first-order valence-electron chi connectivity index (χ1n) is 7.96. The van der Waals surface area contributed by atoms with Gasteiger partial charge in [-0.15, -0.1) is 0 Å². The smallest absolute Gasteiger partial charge is 0.255 e. The first kappa shape index (κ1) is 18.3. The molecule has 6 nitrogen and oxygen atoms in total. The van der Waals surface area contributed by atoms with E-state index in [0.29, 0.717) is 32.5 Å². The lowest BCUT2D eigenvalue weighted by Crippen LogP contribution is -2.49. The highest BCUT2D eigenvalue weighted by Crippen LogP contribution is 2.21. The van der Waals surface area contributed by atoms with E-state index < -0.39 is 4.84 Å². The van der Waals surface area contributed by atoms with E-state index in [1.807, 2.05) is 13.8 Å². The summed E-state index contributed by atoms with van der Waals surface area (Å²) < 4.78 is 0. The molecule has 8 heteroatoms. The van der Waals surface area contributed by atoms with Crippen molar-refractivity contribution >= 4 is 40.9 Å². The molecule has 0 spiro atoms. The number of rotatable bonds is 4. The van der Waals surface area contributed by atoms with Crippen molar-refractivity contribution in [2.45, 2.75) is 50.0 Å². The van der Waals surface area contributed by atoms with Crippen molar-refractivity contribution in [3.05, 3.63) is 0 Å². The van der Waals surface area contributed by atoms with Gasteiger partial charge in [0.2, 0.25) is 11.8 Å². The molecule has 0 radical (unpaired) electrons. The van der Waals surface area contributed by atoms with Crippen LogP contribution in [0.15, 0.2) is 0 Å². The maximum Gasteiger partial charge on any atom is 0.255 e. The second-order valence-corrected chi connectivity index (χ2v) is 7.55. The van der Waals surface area contributed by atoms with Gasteiger partial charge >= 0.3 is 0 Å². The Morgan fingerprint density at radius 2 is 1.83 bits per heavy atom. The number of nitrogens with one attached hydrogen (secondary N) is 1. The molecule has 2 fully saturated rings. The molecule has 0 aromatic carbocycles. The molecule has 0 aromatic rings. The number of halogens is 2. The Balaban J connectivity index is 1.80. The number of carbonyl (C=O) groups excluding carboxylic acids is 3. The zero-order valence-corrected chi connectivity index (χ0v) is 14.9. The van der Waals surface area contributed by atoms with Gasteiger partial charge in [-0.3, -0.25) is 14.4 Å². The van der Waals surface area contributed by atoms with Crippen molar-refractivity contribution in [2.24, 2.45) is 5.92 Å². The number of hydrogen-bond acceptors (Lipinski definition) is 3. The van der Waals surface area contributed by atoms with E-state index in [2.05, 4.69) is 5.32 Å². The van der Waals surface area contributed by atoms with Crippen LogP contribution in [0.2, 0.25) is 0 Å². The monoisotopic (exact) mass is 363 g/mol. The molecule has 2 aliphatic rings. The summed E-state index contributed by atoms with van der Waals surface area (Å²) in [6, 6.07) is 0.146. The molecule has 2 saturated heterocycles. The lowest BCUT2D eigenvalue weighted by Gasteiger charge is -2.33. The third kappa shape index (κ3) is 4.51. The van der Waals surface area contributed by atoms with Gasteiger partial charge in [0.25, 0.3) is 5.91 Å². The largest absolute Gasteiger partial charge is 0.353 e. The molecule has 23 heavy (non-hydrogen) atoms. The lowest BCUT2D eigenvalue weighted by molar-refractivity contribution is -0.131. The van der Waals surface area contributed by atoms with Crippen LogP contribution in [-0.4, -0.2) is 64.1 Å². The van der Waals surface area contributed by atoms with Crippen molar-refractivity contribution in [1.82, 2.24) is 15.1 Å². The lowest BCUT2D eigenvalue weighted by atomic mass is 10.0. The second kappa shape index (κ2) is 7.71. The Labute approximate surface area is 146 Å². The minimum absolute atomic E-state index is 0.0267. The Morgan fingerprint density at radius 1 is 1.22 bits per heavy atom. The quantitative estimate of drug-likeness (QED) is 0.761. The van der Waals surface area contributed by atoms with Crippen molar-refractivity contribution in [3.8, 4) is 0 Å². The van der Waals surface area contributed by atoms with E-state index in [1.165, 1.54) is 0 Å². The van der Waals surface area contributed by atoms with Gasteiger partial charge in [0.15, 0.2) is 4.84 Å². The maximum absolute atomic E-state index is 12.3. The third-order valence-corrected chi connectivity index (χ3v) is 4.87. The average molecular weight is 364 g/mol. The normalized spacial score (nSPS) is 23.0. The number of likely N-dealkylation sites (tertiary alicyclic amines) is 2. The second-order valence-electron chi connectivity index (χ2n) is 6.45. The molecule has 2 heterocycles. The maximum atomic E-state index is 12.3. The number of carbonyl (C=O) groups is 3. The van der Waals surface area contributed by atoms with Crippen LogP contribution in [0.4, 0.5) is 0 Å². The fourth-order valence-corrected chi connectivity index (χ4v) is 3.38. The zero-order valence-electron chi connectivity index (χ0n) is 13.4. The van der Waals surface area contributed by atoms with Crippen LogP contribution >= 0.6 is 23.2 Å². The van der Waals surface area contributed by atoms with Gasteiger partial charge in [-0.25, -0.2) is 0 Å². The van der Waals surface area contributed by atoms with E-state index in [0.717, 1.165) is 0 Å². The Hall–Kier alpha value is -1.01. The molecule has 0 aliphatic carbocycles. The molecule has 1 N–H and O–H groups in total. The minimum Gasteiger partial charge on any atom is -0.353 e. The highest BCUT2D eigenvalue weighted by atomic mass is 35.5. The standard InChI is InChI=1S/C15H23Cl2N3O3/c1-9(2)20-8-10(7-12(20)21)14(22)18-11-3-5-19(6-4-11)15(23)13(16)17/h9-11,13H,3-8H2,1-2H3,(H,18,22). The summed E-state index contributed by atoms with van der Waals surface area (Å²) in [4.78, 5) is 38.2. The number of piperidine rings is 1. The summed E-state index contributed by atoms with van der Waals surface area (Å²) in [5.74, 6) is -0.596. The summed E-state index contributed by atoms with van der Waals surface area (Å²) in [5, 5.41) is 3.01. The predicted octanol–water partition coefficient (Wildman–Crippen LogP) is 1.15. The minimum atomic E-state index is -1.03. The number of nitrogens with zero attached hydrogens (tertiary/aromatic N) is 2. The molecule has 0 bridgehead atoms. The van der Waals surface area contributed by atoms with Crippen LogP contribution in [-0.2, 0) is 14.4 Å². The molecular weight excluding hydrogens is 341 g/mol. The van der Waals surface area contributed by atoms with E-state index >= 15 is 0 Å². The van der Waals surface area contributed by atoms with Crippen LogP contribution in [0.25, 0.3) is 0 Å². The van der Waals surface area contributed by atoms with Gasteiger partial charge in [-0.2, -0.15) is 0 Å². The molecule has 2 rings (SSSR count). The fourth-order valence-electron chi connectivity index (χ4n) is 3.11. The summed E-state index contributed by atoms with van der Waals surface area (Å²) in [5.41, 5.74) is 0. The van der Waals surface area contributed by atoms with Crippen LogP contribution < -0.4 is 5.32 Å². The molecule has 1 atom stereocenters. The number of alkyl halides is 2. The molecule has 0 aromatic heterocycles. The number of hydrogen-bond donors (Lipinski definition) is 1. The van der Waals surface area contributed by atoms with Gasteiger partial charge in [0.05, 0.1) is 5.92 Å². The van der Waals surface area contributed by atoms with Crippen LogP contribution in [0.3, 0.4) is 0 Å². The first-order valence-corrected chi connectivity index (χ1v) is 8.83. The molecular formula is C15H23Cl2N3O3. The summed E-state index contributed by atoms with van der Waals surface area (Å²) in [6.45, 7) is 5.45. The topological polar surface area (TPSA) is 69.7 Å². The van der Waals surface area contributed by atoms with Gasteiger partial charge in [0, 0.05) is 38.1 Å². The van der Waals surface area contributed by atoms with Crippen LogP contribution in [0.5, 0.6) is 0 Å². The van der Waals surface area contributed by atoms with Crippen molar-refractivity contribution in [3.63, 3.8) is 0 Å². The Kier molecular flexibility index (Phi) is 6.14. The van der Waals surface area contributed by atoms with E-state index in [-0.39, 0.29) is 42.1 Å². The first-order chi connectivity index (χ1) is 10.8. The van der Waals surface area contributed by atoms with Crippen molar-refractivity contribution in [2.75, 3.05) is 19.6 Å². The molecule has 2 aliphatic heterocycles. The Bertz CT molecular complexity index is 477. The SMILES string of the molecule is CC(C)N1CC(C(=O)NC2CCN(C(=O)C(Cl)Cl)CC2)CC1=O. The Morgan fingerprint density at radius 3 is 2.30 bits per heavy atom. The van der Waals surface area contributed by atoms with Crippen LogP contribution in [0, 0.1) is 5.92 Å². The summed E-state index contributed by atoms with van der Waals surface area (Å²) >= 11 is 11.2. The third-order valence-electron chi connectivity index (χ3n) is 4.49. The van der Waals surface area contributed by atoms with E-state index in [9.17, 15) is 14.4 Å². The van der Waals surface area contributed by atoms with Crippen molar-refractivity contribution in [1.29, 1.82) is 0 Å². The van der Waals surface area contributed by atoms with E-state index in [4.69, 9.17) is 23.2 Å². The van der Waals surface area contributed by atoms with Gasteiger partial charge in [0.1, 0.15) is 0 Å². The fraction of sp³-hybridized carbons (Fsp3) is 0.800. The highest BCUT2D eigenvalue weighted by Gasteiger charge is 2.36. The van der Waals surface area contributed by atoms with Gasteiger partial charge in [-0.1, -0.05) is 23.2 Å². The molecule has 1 unspecified atom stereocenters. The molecule has 3 amide bonds. The van der Waals surface area contributed by atoms with Crippen molar-refractivity contribution < 1.29 is 14.4 Å². The summed E-state index contributed by atoms with van der Waals surface area (Å²) in [6.07, 6.45) is 1.63. The van der Waals surface area contributed by atoms with Gasteiger partial charge in [-0.05, 0) is 26.7 Å². The highest BCUT2D eigenvalue weighted by molar-refractivity contribution is 6.53. The van der Waals surface area contributed by atoms with Crippen LogP contribution in [0.1, 0.15) is 33.1 Å². The molecule has 0 saturated carbocycles. The number of amides is 3. The van der Waals surface area contributed by atoms with E-state index in [1.54, 1.807) is 9.80 Å². The molecule has 130 valence electrons. The van der Waals surface area contributed by atoms with Gasteiger partial charge < -0.3 is 15.1 Å². The predicted molar refractivity (Wildman–Crippen MR) is 88.2 cm³/mol.